The maximum absolute atomic E-state index is 13.4. The molecule has 1 unspecified atom stereocenters. The van der Waals surface area contributed by atoms with Gasteiger partial charge in [-0.15, -0.1) is 0 Å². The number of halogens is 1. The Hall–Kier alpha value is -1.13. The van der Waals surface area contributed by atoms with Crippen LogP contribution in [0.15, 0.2) is 18.2 Å². The Balaban J connectivity index is 2.59. The number of rotatable bonds is 6. The van der Waals surface area contributed by atoms with Crippen molar-refractivity contribution in [1.82, 2.24) is 5.32 Å². The zero-order valence-electron chi connectivity index (χ0n) is 9.66. The van der Waals surface area contributed by atoms with Gasteiger partial charge in [-0.1, -0.05) is 6.07 Å². The zero-order chi connectivity index (χ0) is 12.0. The van der Waals surface area contributed by atoms with Crippen molar-refractivity contribution in [1.29, 1.82) is 0 Å². The topological polar surface area (TPSA) is 41.5 Å². The third-order valence-corrected chi connectivity index (χ3v) is 2.22. The van der Waals surface area contributed by atoms with Crippen LogP contribution in [-0.2, 0) is 6.54 Å². The van der Waals surface area contributed by atoms with Crippen molar-refractivity contribution in [2.75, 3.05) is 13.2 Å². The average Bonchev–Trinajstić information content (AvgIpc) is 2.29. The largest absolute Gasteiger partial charge is 0.491 e. The minimum Gasteiger partial charge on any atom is -0.491 e. The second kappa shape index (κ2) is 6.45. The van der Waals surface area contributed by atoms with Gasteiger partial charge in [0, 0.05) is 12.6 Å². The van der Waals surface area contributed by atoms with Gasteiger partial charge in [0.15, 0.2) is 11.6 Å². The zero-order valence-corrected chi connectivity index (χ0v) is 9.66. The van der Waals surface area contributed by atoms with E-state index in [-0.39, 0.29) is 24.2 Å². The first-order chi connectivity index (χ1) is 7.67. The summed E-state index contributed by atoms with van der Waals surface area (Å²) >= 11 is 0. The van der Waals surface area contributed by atoms with Crippen molar-refractivity contribution in [3.63, 3.8) is 0 Å². The van der Waals surface area contributed by atoms with Gasteiger partial charge in [0.25, 0.3) is 0 Å². The molecule has 0 amide bonds. The van der Waals surface area contributed by atoms with E-state index in [4.69, 9.17) is 9.84 Å². The molecule has 0 saturated carbocycles. The molecule has 1 aromatic carbocycles. The van der Waals surface area contributed by atoms with Crippen molar-refractivity contribution >= 4 is 0 Å². The van der Waals surface area contributed by atoms with Gasteiger partial charge < -0.3 is 15.2 Å². The molecule has 0 aliphatic heterocycles. The van der Waals surface area contributed by atoms with Crippen LogP contribution in [0.5, 0.6) is 5.75 Å². The van der Waals surface area contributed by atoms with Crippen LogP contribution >= 0.6 is 0 Å². The summed E-state index contributed by atoms with van der Waals surface area (Å²) in [7, 11) is 0. The van der Waals surface area contributed by atoms with Gasteiger partial charge in [-0.2, -0.15) is 0 Å². The smallest absolute Gasteiger partial charge is 0.165 e. The van der Waals surface area contributed by atoms with Crippen molar-refractivity contribution in [3.05, 3.63) is 29.6 Å². The lowest BCUT2D eigenvalue weighted by Crippen LogP contribution is -2.28. The number of benzene rings is 1. The van der Waals surface area contributed by atoms with E-state index in [1.807, 2.05) is 19.9 Å². The van der Waals surface area contributed by atoms with Crippen LogP contribution in [0.4, 0.5) is 4.39 Å². The fraction of sp³-hybridized carbons (Fsp3) is 0.500. The van der Waals surface area contributed by atoms with Crippen LogP contribution in [0.3, 0.4) is 0 Å². The van der Waals surface area contributed by atoms with E-state index in [0.717, 1.165) is 5.56 Å². The van der Waals surface area contributed by atoms with E-state index < -0.39 is 0 Å². The molecule has 4 heteroatoms. The lowest BCUT2D eigenvalue weighted by Gasteiger charge is -2.11. The highest BCUT2D eigenvalue weighted by atomic mass is 19.1. The fourth-order valence-electron chi connectivity index (χ4n) is 1.28. The highest BCUT2D eigenvalue weighted by Crippen LogP contribution is 2.18. The van der Waals surface area contributed by atoms with Crippen LogP contribution in [0.1, 0.15) is 19.4 Å². The lowest BCUT2D eigenvalue weighted by molar-refractivity contribution is 0.251. The summed E-state index contributed by atoms with van der Waals surface area (Å²) in [5, 5.41) is 11.9. The van der Waals surface area contributed by atoms with Crippen molar-refractivity contribution in [2.45, 2.75) is 26.4 Å². The van der Waals surface area contributed by atoms with E-state index in [9.17, 15) is 4.39 Å². The molecule has 0 aliphatic carbocycles. The first-order valence-corrected chi connectivity index (χ1v) is 5.42. The maximum Gasteiger partial charge on any atom is 0.165 e. The molecule has 90 valence electrons. The van der Waals surface area contributed by atoms with E-state index in [1.54, 1.807) is 6.07 Å². The summed E-state index contributed by atoms with van der Waals surface area (Å²) in [6.45, 7) is 4.74. The second-order valence-corrected chi connectivity index (χ2v) is 3.66. The van der Waals surface area contributed by atoms with Gasteiger partial charge in [-0.3, -0.25) is 0 Å². The molecule has 16 heavy (non-hydrogen) atoms. The Morgan fingerprint density at radius 3 is 2.81 bits per heavy atom. The maximum atomic E-state index is 13.4. The molecule has 2 N–H and O–H groups in total. The third-order valence-electron chi connectivity index (χ3n) is 2.22. The molecule has 0 aromatic heterocycles. The molecule has 0 aliphatic rings. The van der Waals surface area contributed by atoms with Crippen molar-refractivity contribution < 1.29 is 14.2 Å². The van der Waals surface area contributed by atoms with Crippen LogP contribution in [0.25, 0.3) is 0 Å². The SMILES string of the molecule is CCOc1ccc(CNC(C)CO)cc1F. The Kier molecular flexibility index (Phi) is 5.22. The van der Waals surface area contributed by atoms with Crippen molar-refractivity contribution in [2.24, 2.45) is 0 Å². The van der Waals surface area contributed by atoms with Crippen LogP contribution in [-0.4, -0.2) is 24.4 Å². The molecular weight excluding hydrogens is 209 g/mol. The number of aliphatic hydroxyl groups is 1. The lowest BCUT2D eigenvalue weighted by atomic mass is 10.2. The molecule has 0 heterocycles. The quantitative estimate of drug-likeness (QED) is 0.777. The first kappa shape index (κ1) is 12.9. The van der Waals surface area contributed by atoms with Gasteiger partial charge in [-0.25, -0.2) is 4.39 Å². The first-order valence-electron chi connectivity index (χ1n) is 5.42. The standard InChI is InChI=1S/C12H18FNO2/c1-3-16-12-5-4-10(6-11(12)13)7-14-9(2)8-15/h4-6,9,14-15H,3,7-8H2,1-2H3. The fourth-order valence-corrected chi connectivity index (χ4v) is 1.28. The van der Waals surface area contributed by atoms with Crippen LogP contribution in [0, 0.1) is 5.82 Å². The van der Waals surface area contributed by atoms with Gasteiger partial charge in [-0.05, 0) is 31.5 Å². The predicted molar refractivity (Wildman–Crippen MR) is 61.0 cm³/mol. The minimum absolute atomic E-state index is 0.00892. The van der Waals surface area contributed by atoms with Gasteiger partial charge in [0.05, 0.1) is 13.2 Å². The Morgan fingerprint density at radius 1 is 1.50 bits per heavy atom. The highest BCUT2D eigenvalue weighted by Gasteiger charge is 2.05. The summed E-state index contributed by atoms with van der Waals surface area (Å²) in [4.78, 5) is 0. The van der Waals surface area contributed by atoms with Crippen molar-refractivity contribution in [3.8, 4) is 5.75 Å². The molecule has 0 spiro atoms. The van der Waals surface area contributed by atoms with Gasteiger partial charge >= 0.3 is 0 Å². The predicted octanol–water partition coefficient (Wildman–Crippen LogP) is 1.69. The summed E-state index contributed by atoms with van der Waals surface area (Å²) in [5.74, 6) is -0.0701. The number of hydrogen-bond donors (Lipinski definition) is 2. The average molecular weight is 227 g/mol. The Bertz CT molecular complexity index is 331. The summed E-state index contributed by atoms with van der Waals surface area (Å²) < 4.78 is 18.5. The number of ether oxygens (including phenoxy) is 1. The summed E-state index contributed by atoms with van der Waals surface area (Å²) in [6, 6.07) is 4.89. The van der Waals surface area contributed by atoms with Crippen LogP contribution < -0.4 is 10.1 Å². The van der Waals surface area contributed by atoms with E-state index in [1.165, 1.54) is 6.07 Å². The Labute approximate surface area is 95.2 Å². The van der Waals surface area contributed by atoms with Gasteiger partial charge in [0.2, 0.25) is 0 Å². The molecule has 0 bridgehead atoms. The molecule has 1 aromatic rings. The monoisotopic (exact) mass is 227 g/mol. The Morgan fingerprint density at radius 2 is 2.25 bits per heavy atom. The van der Waals surface area contributed by atoms with E-state index in [2.05, 4.69) is 5.32 Å². The molecule has 0 fully saturated rings. The van der Waals surface area contributed by atoms with E-state index in [0.29, 0.717) is 13.2 Å². The summed E-state index contributed by atoms with van der Waals surface area (Å²) in [6.07, 6.45) is 0. The van der Waals surface area contributed by atoms with E-state index >= 15 is 0 Å². The molecular formula is C12H18FNO2. The van der Waals surface area contributed by atoms with Gasteiger partial charge in [0.1, 0.15) is 0 Å². The highest BCUT2D eigenvalue weighted by molar-refractivity contribution is 5.29. The molecule has 0 radical (unpaired) electrons. The molecule has 1 rings (SSSR count). The molecule has 1 atom stereocenters. The second-order valence-electron chi connectivity index (χ2n) is 3.66. The minimum atomic E-state index is -0.349. The third kappa shape index (κ3) is 3.79. The normalized spacial score (nSPS) is 12.5. The van der Waals surface area contributed by atoms with Crippen LogP contribution in [0.2, 0.25) is 0 Å². The molecule has 3 nitrogen and oxygen atoms in total. The molecule has 0 saturated heterocycles. The number of nitrogens with one attached hydrogen (secondary N) is 1. The number of aliphatic hydroxyl groups excluding tert-OH is 1. The summed E-state index contributed by atoms with van der Waals surface area (Å²) in [5.41, 5.74) is 0.834. The number of hydrogen-bond acceptors (Lipinski definition) is 3.